The second kappa shape index (κ2) is 8.67. The molecule has 0 bridgehead atoms. The highest BCUT2D eigenvalue weighted by molar-refractivity contribution is 8.00. The molecule has 0 saturated carbocycles. The maximum absolute atomic E-state index is 11.9. The Balaban J connectivity index is 1.27. The molecular formula is C17H14N6O3S2. The molecule has 0 aliphatic carbocycles. The van der Waals surface area contributed by atoms with Crippen molar-refractivity contribution < 1.29 is 13.6 Å². The minimum Gasteiger partial charge on any atom is -0.467 e. The topological polar surface area (TPSA) is 119 Å². The van der Waals surface area contributed by atoms with Gasteiger partial charge >= 0.3 is 6.03 Å². The van der Waals surface area contributed by atoms with Crippen molar-refractivity contribution in [2.24, 2.45) is 0 Å². The van der Waals surface area contributed by atoms with Gasteiger partial charge in [-0.05, 0) is 24.3 Å². The van der Waals surface area contributed by atoms with Crippen molar-refractivity contribution in [3.63, 3.8) is 0 Å². The van der Waals surface area contributed by atoms with Crippen LogP contribution in [0.1, 0.15) is 11.7 Å². The number of amides is 2. The van der Waals surface area contributed by atoms with Gasteiger partial charge in [-0.1, -0.05) is 41.3 Å². The molecule has 2 amide bonds. The van der Waals surface area contributed by atoms with E-state index in [1.165, 1.54) is 23.1 Å². The summed E-state index contributed by atoms with van der Waals surface area (Å²) in [6.45, 7) is 0.292. The van der Waals surface area contributed by atoms with Gasteiger partial charge in [-0.15, -0.1) is 20.4 Å². The number of hydrogen-bond acceptors (Lipinski definition) is 9. The number of urea groups is 1. The molecule has 0 saturated heterocycles. The summed E-state index contributed by atoms with van der Waals surface area (Å²) < 4.78 is 11.5. The predicted octanol–water partition coefficient (Wildman–Crippen LogP) is 3.80. The fourth-order valence-corrected chi connectivity index (χ4v) is 3.76. The van der Waals surface area contributed by atoms with E-state index in [1.54, 1.807) is 18.4 Å². The van der Waals surface area contributed by atoms with E-state index in [0.717, 1.165) is 5.56 Å². The van der Waals surface area contributed by atoms with Crippen LogP contribution >= 0.6 is 23.1 Å². The number of hydrogen-bond donors (Lipinski definition) is 2. The zero-order chi connectivity index (χ0) is 19.2. The lowest BCUT2D eigenvalue weighted by Crippen LogP contribution is -2.27. The zero-order valence-corrected chi connectivity index (χ0v) is 16.0. The minimum atomic E-state index is -0.381. The molecule has 142 valence electrons. The normalized spacial score (nSPS) is 10.7. The van der Waals surface area contributed by atoms with Crippen molar-refractivity contribution in [1.29, 1.82) is 0 Å². The minimum absolute atomic E-state index is 0.292. The Bertz CT molecular complexity index is 1030. The van der Waals surface area contributed by atoms with E-state index in [9.17, 15) is 4.79 Å². The molecule has 4 rings (SSSR count). The van der Waals surface area contributed by atoms with Gasteiger partial charge in [0.2, 0.25) is 16.9 Å². The third kappa shape index (κ3) is 4.75. The molecule has 0 aliphatic heterocycles. The van der Waals surface area contributed by atoms with Gasteiger partial charge in [-0.2, -0.15) is 0 Å². The van der Waals surface area contributed by atoms with Crippen LogP contribution < -0.4 is 10.6 Å². The first-order valence-corrected chi connectivity index (χ1v) is 9.98. The van der Waals surface area contributed by atoms with E-state index in [-0.39, 0.29) is 6.03 Å². The summed E-state index contributed by atoms with van der Waals surface area (Å²) in [5.74, 6) is 2.09. The van der Waals surface area contributed by atoms with E-state index < -0.39 is 0 Å². The van der Waals surface area contributed by atoms with Crippen LogP contribution in [-0.2, 0) is 12.3 Å². The maximum atomic E-state index is 11.9. The summed E-state index contributed by atoms with van der Waals surface area (Å²) >= 11 is 2.67. The summed E-state index contributed by atoms with van der Waals surface area (Å²) in [6, 6.07) is 12.7. The summed E-state index contributed by atoms with van der Waals surface area (Å²) in [4.78, 5) is 11.9. The SMILES string of the molecule is O=C(NCc1ccco1)Nc1nnc(SCc2nnc(-c3ccccc3)o2)s1. The molecule has 4 aromatic rings. The summed E-state index contributed by atoms with van der Waals surface area (Å²) in [7, 11) is 0. The molecule has 11 heteroatoms. The van der Waals surface area contributed by atoms with Crippen LogP contribution in [0.25, 0.3) is 11.5 Å². The van der Waals surface area contributed by atoms with Crippen LogP contribution in [0.2, 0.25) is 0 Å². The van der Waals surface area contributed by atoms with Crippen LogP contribution in [0.3, 0.4) is 0 Å². The standard InChI is InChI=1S/C17H14N6O3S2/c24-15(18-9-12-7-4-8-25-12)19-16-22-23-17(28-16)27-10-13-20-21-14(26-13)11-5-2-1-3-6-11/h1-8H,9-10H2,(H2,18,19,22,24). The number of aromatic nitrogens is 4. The lowest BCUT2D eigenvalue weighted by atomic mass is 10.2. The number of rotatable bonds is 7. The fraction of sp³-hybridized carbons (Fsp3) is 0.118. The molecule has 0 atom stereocenters. The largest absolute Gasteiger partial charge is 0.467 e. The van der Waals surface area contributed by atoms with Crippen LogP contribution in [-0.4, -0.2) is 26.4 Å². The molecule has 9 nitrogen and oxygen atoms in total. The summed E-state index contributed by atoms with van der Waals surface area (Å²) in [6.07, 6.45) is 1.55. The van der Waals surface area contributed by atoms with Crippen molar-refractivity contribution in [2.75, 3.05) is 5.32 Å². The van der Waals surface area contributed by atoms with Crippen molar-refractivity contribution >= 4 is 34.3 Å². The molecule has 3 heterocycles. The monoisotopic (exact) mass is 414 g/mol. The second-order valence-electron chi connectivity index (χ2n) is 5.42. The Morgan fingerprint density at radius 3 is 2.79 bits per heavy atom. The van der Waals surface area contributed by atoms with E-state index >= 15 is 0 Å². The number of thioether (sulfide) groups is 1. The molecule has 1 aromatic carbocycles. The number of anilines is 1. The fourth-order valence-electron chi connectivity index (χ4n) is 2.17. The maximum Gasteiger partial charge on any atom is 0.321 e. The molecule has 0 unspecified atom stereocenters. The second-order valence-corrected chi connectivity index (χ2v) is 7.62. The Hall–Kier alpha value is -3.18. The van der Waals surface area contributed by atoms with Gasteiger partial charge in [0, 0.05) is 5.56 Å². The Labute approximate surface area is 167 Å². The smallest absolute Gasteiger partial charge is 0.321 e. The number of nitrogens with one attached hydrogen (secondary N) is 2. The third-order valence-corrected chi connectivity index (χ3v) is 5.39. The highest BCUT2D eigenvalue weighted by Crippen LogP contribution is 2.28. The average molecular weight is 414 g/mol. The Morgan fingerprint density at radius 2 is 1.96 bits per heavy atom. The van der Waals surface area contributed by atoms with Crippen molar-refractivity contribution in [1.82, 2.24) is 25.7 Å². The summed E-state index contributed by atoms with van der Waals surface area (Å²) in [5.41, 5.74) is 0.870. The molecule has 3 aromatic heterocycles. The highest BCUT2D eigenvalue weighted by Gasteiger charge is 2.12. The Morgan fingerprint density at radius 1 is 1.07 bits per heavy atom. The van der Waals surface area contributed by atoms with Gasteiger partial charge in [-0.25, -0.2) is 4.79 Å². The number of furan rings is 1. The van der Waals surface area contributed by atoms with Gasteiger partial charge in [0.1, 0.15) is 5.76 Å². The predicted molar refractivity (Wildman–Crippen MR) is 104 cm³/mol. The van der Waals surface area contributed by atoms with Crippen LogP contribution in [0.4, 0.5) is 9.93 Å². The van der Waals surface area contributed by atoms with Crippen molar-refractivity contribution in [3.8, 4) is 11.5 Å². The zero-order valence-electron chi connectivity index (χ0n) is 14.4. The van der Waals surface area contributed by atoms with Crippen molar-refractivity contribution in [2.45, 2.75) is 16.6 Å². The van der Waals surface area contributed by atoms with Gasteiger partial charge in [0.15, 0.2) is 4.34 Å². The lowest BCUT2D eigenvalue weighted by molar-refractivity contribution is 0.251. The van der Waals surface area contributed by atoms with Gasteiger partial charge in [0.25, 0.3) is 0 Å². The Kier molecular flexibility index (Phi) is 5.64. The first-order valence-electron chi connectivity index (χ1n) is 8.17. The third-order valence-electron chi connectivity index (χ3n) is 3.44. The van der Waals surface area contributed by atoms with Gasteiger partial charge in [-0.3, -0.25) is 5.32 Å². The molecular weight excluding hydrogens is 400 g/mol. The van der Waals surface area contributed by atoms with Crippen molar-refractivity contribution in [3.05, 3.63) is 60.4 Å². The molecule has 0 radical (unpaired) electrons. The van der Waals surface area contributed by atoms with E-state index in [2.05, 4.69) is 31.0 Å². The van der Waals surface area contributed by atoms with E-state index in [4.69, 9.17) is 8.83 Å². The molecule has 0 spiro atoms. The molecule has 0 fully saturated rings. The number of carbonyl (C=O) groups excluding carboxylic acids is 1. The summed E-state index contributed by atoms with van der Waals surface area (Å²) in [5, 5.41) is 21.8. The van der Waals surface area contributed by atoms with Gasteiger partial charge < -0.3 is 14.2 Å². The molecule has 2 N–H and O–H groups in total. The quantitative estimate of drug-likeness (QED) is 0.346. The number of nitrogens with zero attached hydrogens (tertiary/aromatic N) is 4. The highest BCUT2D eigenvalue weighted by atomic mass is 32.2. The average Bonchev–Trinajstić information content (AvgIpc) is 3.47. The molecule has 0 aliphatic rings. The number of benzene rings is 1. The van der Waals surface area contributed by atoms with Crippen LogP contribution in [0, 0.1) is 0 Å². The first-order chi connectivity index (χ1) is 13.8. The van der Waals surface area contributed by atoms with Crippen LogP contribution in [0.15, 0.2) is 61.9 Å². The lowest BCUT2D eigenvalue weighted by Gasteiger charge is -2.02. The van der Waals surface area contributed by atoms with E-state index in [0.29, 0.717) is 39.3 Å². The first kappa shape index (κ1) is 18.2. The molecule has 28 heavy (non-hydrogen) atoms. The van der Waals surface area contributed by atoms with E-state index in [1.807, 2.05) is 30.3 Å². The van der Waals surface area contributed by atoms with Crippen LogP contribution in [0.5, 0.6) is 0 Å². The number of carbonyl (C=O) groups is 1. The van der Waals surface area contributed by atoms with Gasteiger partial charge in [0.05, 0.1) is 18.6 Å².